The Morgan fingerprint density at radius 1 is 1.50 bits per heavy atom. The van der Waals surface area contributed by atoms with Gasteiger partial charge in [-0.05, 0) is 57.8 Å². The van der Waals surface area contributed by atoms with Crippen LogP contribution < -0.4 is 5.32 Å². The molecule has 4 nitrogen and oxygen atoms in total. The van der Waals surface area contributed by atoms with Crippen molar-refractivity contribution in [3.63, 3.8) is 0 Å². The molecule has 0 saturated heterocycles. The van der Waals surface area contributed by atoms with Gasteiger partial charge in [0.25, 0.3) is 5.91 Å². The Morgan fingerprint density at radius 2 is 2.30 bits per heavy atom. The third kappa shape index (κ3) is 2.36. The van der Waals surface area contributed by atoms with Crippen LogP contribution in [0.5, 0.6) is 0 Å². The maximum absolute atomic E-state index is 12.4. The lowest BCUT2D eigenvalue weighted by atomic mass is 9.84. The van der Waals surface area contributed by atoms with Crippen molar-refractivity contribution in [3.05, 3.63) is 17.5 Å². The molecular weight excluding hydrogens is 250 g/mol. The number of carbonyl (C=O) groups is 1. The highest BCUT2D eigenvalue weighted by molar-refractivity contribution is 5.95. The van der Waals surface area contributed by atoms with E-state index in [1.165, 1.54) is 25.7 Å². The van der Waals surface area contributed by atoms with E-state index in [4.69, 9.17) is 0 Å². The molecule has 3 rings (SSSR count). The molecule has 4 heteroatoms. The van der Waals surface area contributed by atoms with Crippen molar-refractivity contribution in [2.45, 2.75) is 59.0 Å². The average Bonchev–Trinajstić information content (AvgIpc) is 3.12. The number of nitrogens with zero attached hydrogens (tertiary/aromatic N) is 2. The number of hydrogen-bond donors (Lipinski definition) is 1. The van der Waals surface area contributed by atoms with Crippen molar-refractivity contribution in [1.82, 2.24) is 15.1 Å². The summed E-state index contributed by atoms with van der Waals surface area (Å²) in [4.78, 5) is 12.4. The van der Waals surface area contributed by atoms with E-state index < -0.39 is 0 Å². The van der Waals surface area contributed by atoms with Crippen molar-refractivity contribution in [3.8, 4) is 0 Å². The van der Waals surface area contributed by atoms with Gasteiger partial charge in [-0.15, -0.1) is 0 Å². The molecule has 0 unspecified atom stereocenters. The zero-order chi connectivity index (χ0) is 14.3. The molecule has 2 bridgehead atoms. The minimum absolute atomic E-state index is 0.0393. The van der Waals surface area contributed by atoms with E-state index in [1.54, 1.807) is 0 Å². The van der Waals surface area contributed by atoms with Gasteiger partial charge in [0.15, 0.2) is 0 Å². The molecule has 1 aromatic heterocycles. The van der Waals surface area contributed by atoms with Crippen LogP contribution in [0, 0.1) is 24.7 Å². The van der Waals surface area contributed by atoms with E-state index in [0.717, 1.165) is 29.6 Å². The molecule has 2 aliphatic carbocycles. The van der Waals surface area contributed by atoms with E-state index in [1.807, 2.05) is 24.7 Å². The molecule has 2 saturated carbocycles. The maximum atomic E-state index is 12.4. The van der Waals surface area contributed by atoms with Crippen LogP contribution in [-0.4, -0.2) is 21.7 Å². The molecule has 2 aliphatic rings. The highest BCUT2D eigenvalue weighted by Gasteiger charge is 2.42. The van der Waals surface area contributed by atoms with E-state index in [-0.39, 0.29) is 11.9 Å². The van der Waals surface area contributed by atoms with Gasteiger partial charge in [0.1, 0.15) is 0 Å². The molecule has 20 heavy (non-hydrogen) atoms. The highest BCUT2D eigenvalue weighted by atomic mass is 16.1. The number of fused-ring (bicyclic) bond motifs is 2. The largest absolute Gasteiger partial charge is 0.349 e. The number of nitrogens with one attached hydrogen (secondary N) is 1. The Labute approximate surface area is 120 Å². The van der Waals surface area contributed by atoms with E-state index in [9.17, 15) is 4.79 Å². The second kappa shape index (κ2) is 5.23. The molecule has 4 atom stereocenters. The first-order chi connectivity index (χ1) is 9.58. The Hall–Kier alpha value is -1.32. The van der Waals surface area contributed by atoms with Gasteiger partial charge in [-0.2, -0.15) is 5.10 Å². The number of hydrogen-bond acceptors (Lipinski definition) is 2. The Kier molecular flexibility index (Phi) is 3.57. The zero-order valence-corrected chi connectivity index (χ0v) is 12.7. The lowest BCUT2D eigenvalue weighted by Crippen LogP contribution is -2.40. The highest BCUT2D eigenvalue weighted by Crippen LogP contribution is 2.49. The second-order valence-electron chi connectivity index (χ2n) is 6.58. The number of amides is 1. The summed E-state index contributed by atoms with van der Waals surface area (Å²) in [5.74, 6) is 2.49. The smallest absolute Gasteiger partial charge is 0.254 e. The summed E-state index contributed by atoms with van der Waals surface area (Å²) in [6, 6.07) is 0.280. The first-order valence-corrected chi connectivity index (χ1v) is 7.93. The van der Waals surface area contributed by atoms with Gasteiger partial charge in [-0.3, -0.25) is 9.48 Å². The van der Waals surface area contributed by atoms with Crippen LogP contribution >= 0.6 is 0 Å². The van der Waals surface area contributed by atoms with Crippen molar-refractivity contribution in [2.24, 2.45) is 17.8 Å². The number of aryl methyl sites for hydroxylation is 2. The fourth-order valence-corrected chi connectivity index (χ4v) is 4.20. The predicted molar refractivity (Wildman–Crippen MR) is 78.5 cm³/mol. The first-order valence-electron chi connectivity index (χ1n) is 7.93. The van der Waals surface area contributed by atoms with E-state index >= 15 is 0 Å². The van der Waals surface area contributed by atoms with Crippen molar-refractivity contribution in [2.75, 3.05) is 0 Å². The second-order valence-corrected chi connectivity index (χ2v) is 6.58. The third-order valence-electron chi connectivity index (χ3n) is 5.31. The normalized spacial score (nSPS) is 29.6. The molecule has 2 fully saturated rings. The van der Waals surface area contributed by atoms with Crippen LogP contribution in [0.25, 0.3) is 0 Å². The van der Waals surface area contributed by atoms with Crippen LogP contribution in [0.1, 0.15) is 55.6 Å². The monoisotopic (exact) mass is 275 g/mol. The first kappa shape index (κ1) is 13.7. The van der Waals surface area contributed by atoms with Gasteiger partial charge in [-0.25, -0.2) is 0 Å². The summed E-state index contributed by atoms with van der Waals surface area (Å²) in [6.07, 6.45) is 7.32. The summed E-state index contributed by atoms with van der Waals surface area (Å²) >= 11 is 0. The summed E-state index contributed by atoms with van der Waals surface area (Å²) in [6.45, 7) is 6.91. The van der Waals surface area contributed by atoms with Gasteiger partial charge in [0, 0.05) is 18.8 Å². The van der Waals surface area contributed by atoms with Crippen LogP contribution in [-0.2, 0) is 6.54 Å². The molecule has 1 amide bonds. The SMILES string of the molecule is CCn1cc(C(=O)N[C@@H](C)[C@H]2C[C@H]3CC[C@H]2C3)c(C)n1. The minimum Gasteiger partial charge on any atom is -0.349 e. The van der Waals surface area contributed by atoms with Gasteiger partial charge < -0.3 is 5.32 Å². The lowest BCUT2D eigenvalue weighted by molar-refractivity contribution is 0.0914. The Balaban J connectivity index is 1.64. The van der Waals surface area contributed by atoms with Crippen molar-refractivity contribution in [1.29, 1.82) is 0 Å². The molecule has 110 valence electrons. The van der Waals surface area contributed by atoms with Crippen LogP contribution in [0.2, 0.25) is 0 Å². The summed E-state index contributed by atoms with van der Waals surface area (Å²) < 4.78 is 1.83. The van der Waals surface area contributed by atoms with Crippen LogP contribution in [0.15, 0.2) is 6.20 Å². The van der Waals surface area contributed by atoms with Gasteiger partial charge in [0.05, 0.1) is 11.3 Å². The summed E-state index contributed by atoms with van der Waals surface area (Å²) in [5, 5.41) is 7.56. The molecule has 0 aromatic carbocycles. The molecule has 1 heterocycles. The predicted octanol–water partition coefficient (Wildman–Crippen LogP) is 2.77. The van der Waals surface area contributed by atoms with Gasteiger partial charge >= 0.3 is 0 Å². The average molecular weight is 275 g/mol. The van der Waals surface area contributed by atoms with E-state index in [2.05, 4.69) is 17.3 Å². The molecule has 1 N–H and O–H groups in total. The Morgan fingerprint density at radius 3 is 2.85 bits per heavy atom. The number of rotatable bonds is 4. The van der Waals surface area contributed by atoms with Crippen LogP contribution in [0.4, 0.5) is 0 Å². The molecule has 0 aliphatic heterocycles. The summed E-state index contributed by atoms with van der Waals surface area (Å²) in [5.41, 5.74) is 1.55. The maximum Gasteiger partial charge on any atom is 0.254 e. The molecule has 0 spiro atoms. The quantitative estimate of drug-likeness (QED) is 0.918. The lowest BCUT2D eigenvalue weighted by Gasteiger charge is -2.28. The van der Waals surface area contributed by atoms with Gasteiger partial charge in [0.2, 0.25) is 0 Å². The Bertz CT molecular complexity index is 508. The number of aromatic nitrogens is 2. The fraction of sp³-hybridized carbons (Fsp3) is 0.750. The topological polar surface area (TPSA) is 46.9 Å². The van der Waals surface area contributed by atoms with Crippen molar-refractivity contribution < 1.29 is 4.79 Å². The fourth-order valence-electron chi connectivity index (χ4n) is 4.20. The van der Waals surface area contributed by atoms with Crippen molar-refractivity contribution >= 4 is 5.91 Å². The third-order valence-corrected chi connectivity index (χ3v) is 5.31. The zero-order valence-electron chi connectivity index (χ0n) is 12.7. The molecule has 1 aromatic rings. The molecule has 0 radical (unpaired) electrons. The minimum atomic E-state index is 0.0393. The number of carbonyl (C=O) groups excluding carboxylic acids is 1. The van der Waals surface area contributed by atoms with E-state index in [0.29, 0.717) is 5.92 Å². The standard InChI is InChI=1S/C16H25N3O/c1-4-19-9-15(11(3)18-19)16(20)17-10(2)14-8-12-5-6-13(14)7-12/h9-10,12-14H,4-8H2,1-3H3,(H,17,20)/t10-,12-,13-,14+/m0/s1. The van der Waals surface area contributed by atoms with Crippen LogP contribution in [0.3, 0.4) is 0 Å². The summed E-state index contributed by atoms with van der Waals surface area (Å²) in [7, 11) is 0. The molecular formula is C16H25N3O. The van der Waals surface area contributed by atoms with Gasteiger partial charge in [-0.1, -0.05) is 6.42 Å².